The summed E-state index contributed by atoms with van der Waals surface area (Å²) in [5, 5.41) is 1.28. The summed E-state index contributed by atoms with van der Waals surface area (Å²) < 4.78 is 4.44. The lowest BCUT2D eigenvalue weighted by Gasteiger charge is -2.06. The number of nitrogens with zero attached hydrogens (tertiary/aromatic N) is 2. The van der Waals surface area contributed by atoms with Gasteiger partial charge in [0.05, 0.1) is 11.1 Å². The molecule has 4 rings (SSSR count). The molecule has 0 spiro atoms. The van der Waals surface area contributed by atoms with E-state index in [1.807, 2.05) is 0 Å². The summed E-state index contributed by atoms with van der Waals surface area (Å²) in [4.78, 5) is 0. The van der Waals surface area contributed by atoms with Gasteiger partial charge in [-0.2, -0.15) is 0 Å². The highest BCUT2D eigenvalue weighted by Crippen LogP contribution is 2.27. The van der Waals surface area contributed by atoms with Crippen LogP contribution in [0.25, 0.3) is 27.7 Å². The van der Waals surface area contributed by atoms with Crippen LogP contribution in [0.2, 0.25) is 0 Å². The molecule has 0 aliphatic carbocycles. The van der Waals surface area contributed by atoms with E-state index in [0.717, 1.165) is 0 Å². The topological polar surface area (TPSA) is 8.29 Å². The monoisotopic (exact) mass is 273 g/mol. The number of rotatable bonds is 1. The summed E-state index contributed by atoms with van der Waals surface area (Å²) in [6.07, 6.45) is 4.33. The molecule has 0 amide bonds. The summed E-state index contributed by atoms with van der Waals surface area (Å²) in [6, 6.07) is 19.4. The van der Waals surface area contributed by atoms with Gasteiger partial charge >= 0.3 is 0 Å². The SMILES string of the molecule is Cc1cn2c(cc1-c1cccc[n+]1C)cc1ccccc12. The summed E-state index contributed by atoms with van der Waals surface area (Å²) >= 11 is 0. The number of fused-ring (bicyclic) bond motifs is 3. The maximum Gasteiger partial charge on any atom is 0.212 e. The lowest BCUT2D eigenvalue weighted by atomic mass is 10.1. The third-order valence-electron chi connectivity index (χ3n) is 4.15. The summed E-state index contributed by atoms with van der Waals surface area (Å²) in [7, 11) is 2.09. The van der Waals surface area contributed by atoms with Gasteiger partial charge in [-0.3, -0.25) is 0 Å². The fourth-order valence-corrected chi connectivity index (χ4v) is 3.06. The normalized spacial score (nSPS) is 11.3. The van der Waals surface area contributed by atoms with Crippen LogP contribution in [0.15, 0.2) is 67.0 Å². The molecule has 2 nitrogen and oxygen atoms in total. The van der Waals surface area contributed by atoms with Gasteiger partial charge in [0.1, 0.15) is 7.05 Å². The molecule has 0 aliphatic rings. The van der Waals surface area contributed by atoms with Gasteiger partial charge < -0.3 is 4.40 Å². The first-order valence-corrected chi connectivity index (χ1v) is 7.19. The molecular formula is C19H17N2+. The van der Waals surface area contributed by atoms with Crippen LogP contribution in [0, 0.1) is 6.92 Å². The van der Waals surface area contributed by atoms with E-state index in [2.05, 4.69) is 89.9 Å². The molecule has 0 unspecified atom stereocenters. The summed E-state index contributed by atoms with van der Waals surface area (Å²) in [5.74, 6) is 0. The maximum atomic E-state index is 2.28. The van der Waals surface area contributed by atoms with E-state index >= 15 is 0 Å². The molecule has 102 valence electrons. The predicted molar refractivity (Wildman–Crippen MR) is 86.3 cm³/mol. The van der Waals surface area contributed by atoms with Gasteiger partial charge in [0.2, 0.25) is 5.69 Å². The number of hydrogen-bond acceptors (Lipinski definition) is 0. The minimum absolute atomic E-state index is 1.24. The van der Waals surface area contributed by atoms with Crippen molar-refractivity contribution in [1.82, 2.24) is 4.40 Å². The Morgan fingerprint density at radius 1 is 0.952 bits per heavy atom. The van der Waals surface area contributed by atoms with Crippen molar-refractivity contribution in [1.29, 1.82) is 0 Å². The van der Waals surface area contributed by atoms with E-state index in [-0.39, 0.29) is 0 Å². The molecule has 0 saturated carbocycles. The number of hydrogen-bond donors (Lipinski definition) is 0. The van der Waals surface area contributed by atoms with Crippen LogP contribution in [0.5, 0.6) is 0 Å². The third-order valence-corrected chi connectivity index (χ3v) is 4.15. The average molecular weight is 273 g/mol. The lowest BCUT2D eigenvalue weighted by Crippen LogP contribution is -2.30. The molecule has 1 aromatic carbocycles. The largest absolute Gasteiger partial charge is 0.316 e. The molecule has 3 aromatic heterocycles. The molecule has 21 heavy (non-hydrogen) atoms. The number of para-hydroxylation sites is 1. The van der Waals surface area contributed by atoms with Crippen LogP contribution in [0.4, 0.5) is 0 Å². The Morgan fingerprint density at radius 2 is 1.76 bits per heavy atom. The Morgan fingerprint density at radius 3 is 2.62 bits per heavy atom. The van der Waals surface area contributed by atoms with Crippen LogP contribution < -0.4 is 4.57 Å². The Bertz CT molecular complexity index is 964. The fourth-order valence-electron chi connectivity index (χ4n) is 3.06. The Kier molecular flexibility index (Phi) is 2.58. The highest BCUT2D eigenvalue weighted by atomic mass is 14.9. The summed E-state index contributed by atoms with van der Waals surface area (Å²) in [6.45, 7) is 2.18. The van der Waals surface area contributed by atoms with E-state index in [9.17, 15) is 0 Å². The number of pyridine rings is 2. The van der Waals surface area contributed by atoms with Crippen molar-refractivity contribution in [2.45, 2.75) is 6.92 Å². The smallest absolute Gasteiger partial charge is 0.212 e. The van der Waals surface area contributed by atoms with Crippen molar-refractivity contribution >= 4 is 16.4 Å². The van der Waals surface area contributed by atoms with Crippen molar-refractivity contribution in [3.05, 3.63) is 72.6 Å². The quantitative estimate of drug-likeness (QED) is 0.465. The molecule has 0 N–H and O–H groups in total. The molecule has 4 aromatic rings. The van der Waals surface area contributed by atoms with Crippen molar-refractivity contribution in [3.63, 3.8) is 0 Å². The lowest BCUT2D eigenvalue weighted by molar-refractivity contribution is -0.660. The highest BCUT2D eigenvalue weighted by molar-refractivity contribution is 5.88. The van der Waals surface area contributed by atoms with E-state index in [1.165, 1.54) is 33.2 Å². The highest BCUT2D eigenvalue weighted by Gasteiger charge is 2.13. The minimum atomic E-state index is 1.24. The van der Waals surface area contributed by atoms with Crippen LogP contribution in [0.3, 0.4) is 0 Å². The van der Waals surface area contributed by atoms with Crippen molar-refractivity contribution < 1.29 is 4.57 Å². The van der Waals surface area contributed by atoms with E-state index in [0.29, 0.717) is 0 Å². The van der Waals surface area contributed by atoms with Crippen LogP contribution in [-0.2, 0) is 7.05 Å². The first-order chi connectivity index (χ1) is 10.2. The minimum Gasteiger partial charge on any atom is -0.316 e. The number of aryl methyl sites for hydroxylation is 2. The molecule has 3 heterocycles. The van der Waals surface area contributed by atoms with Crippen molar-refractivity contribution in [2.24, 2.45) is 7.05 Å². The standard InChI is InChI=1S/C19H17N2/c1-14-13-21-16(11-15-7-3-4-8-18(15)21)12-17(14)19-9-5-6-10-20(19)2/h3-13H,1-2H3/q+1. The Balaban J connectivity index is 2.06. The van der Waals surface area contributed by atoms with E-state index < -0.39 is 0 Å². The van der Waals surface area contributed by atoms with Gasteiger partial charge in [0.15, 0.2) is 6.20 Å². The number of benzene rings is 1. The second-order valence-electron chi connectivity index (χ2n) is 5.56. The fraction of sp³-hybridized carbons (Fsp3) is 0.105. The van der Waals surface area contributed by atoms with Crippen molar-refractivity contribution in [2.75, 3.05) is 0 Å². The second kappa shape index (κ2) is 4.45. The molecule has 0 bridgehead atoms. The van der Waals surface area contributed by atoms with E-state index in [1.54, 1.807) is 0 Å². The zero-order chi connectivity index (χ0) is 14.4. The molecule has 0 saturated heterocycles. The molecule has 0 aliphatic heterocycles. The van der Waals surface area contributed by atoms with Gasteiger partial charge in [0, 0.05) is 29.2 Å². The molecule has 2 heteroatoms. The summed E-state index contributed by atoms with van der Waals surface area (Å²) in [5.41, 5.74) is 6.31. The van der Waals surface area contributed by atoms with Gasteiger partial charge in [-0.05, 0) is 36.8 Å². The van der Waals surface area contributed by atoms with Crippen molar-refractivity contribution in [3.8, 4) is 11.3 Å². The molecule has 0 radical (unpaired) electrons. The Labute approximate surface area is 123 Å². The predicted octanol–water partition coefficient (Wildman–Crippen LogP) is 3.89. The van der Waals surface area contributed by atoms with Crippen LogP contribution in [0.1, 0.15) is 5.56 Å². The van der Waals surface area contributed by atoms with Gasteiger partial charge in [-0.1, -0.05) is 18.2 Å². The zero-order valence-corrected chi connectivity index (χ0v) is 12.2. The molecular weight excluding hydrogens is 256 g/mol. The maximum absolute atomic E-state index is 2.28. The second-order valence-corrected chi connectivity index (χ2v) is 5.56. The zero-order valence-electron chi connectivity index (χ0n) is 12.2. The first-order valence-electron chi connectivity index (χ1n) is 7.19. The third kappa shape index (κ3) is 1.83. The van der Waals surface area contributed by atoms with Crippen LogP contribution >= 0.6 is 0 Å². The van der Waals surface area contributed by atoms with Gasteiger partial charge in [0.25, 0.3) is 0 Å². The molecule has 0 atom stereocenters. The van der Waals surface area contributed by atoms with Crippen LogP contribution in [-0.4, -0.2) is 4.40 Å². The number of aromatic nitrogens is 2. The first kappa shape index (κ1) is 12.2. The molecule has 0 fully saturated rings. The van der Waals surface area contributed by atoms with Gasteiger partial charge in [-0.15, -0.1) is 0 Å². The van der Waals surface area contributed by atoms with Gasteiger partial charge in [-0.25, -0.2) is 4.57 Å². The van der Waals surface area contributed by atoms with E-state index in [4.69, 9.17) is 0 Å². The Hall–Kier alpha value is -2.61. The average Bonchev–Trinajstić information content (AvgIpc) is 2.85.